The first-order valence-corrected chi connectivity index (χ1v) is 4.78. The van der Waals surface area contributed by atoms with E-state index in [4.69, 9.17) is 0 Å². The van der Waals surface area contributed by atoms with E-state index in [1.807, 2.05) is 11.9 Å². The van der Waals surface area contributed by atoms with E-state index in [1.165, 1.54) is 0 Å². The van der Waals surface area contributed by atoms with Gasteiger partial charge in [0, 0.05) is 13.0 Å². The standard InChI is InChI=1S/C9H16F3NO/c1-13-6-2-3-8(14,7-13)4-5-9(10,11)12/h14H,2-7H2,1H3. The lowest BCUT2D eigenvalue weighted by atomic mass is 9.88. The molecule has 84 valence electrons. The molecule has 1 rings (SSSR count). The van der Waals surface area contributed by atoms with E-state index in [9.17, 15) is 18.3 Å². The number of piperidine rings is 1. The third kappa shape index (κ3) is 3.84. The van der Waals surface area contributed by atoms with Crippen LogP contribution in [0.4, 0.5) is 13.2 Å². The van der Waals surface area contributed by atoms with Crippen molar-refractivity contribution in [3.05, 3.63) is 0 Å². The van der Waals surface area contributed by atoms with Crippen LogP contribution in [-0.4, -0.2) is 41.9 Å². The lowest BCUT2D eigenvalue weighted by Gasteiger charge is -2.37. The maximum atomic E-state index is 12.0. The monoisotopic (exact) mass is 211 g/mol. The fraction of sp³-hybridized carbons (Fsp3) is 1.00. The number of hydrogen-bond acceptors (Lipinski definition) is 2. The Morgan fingerprint density at radius 3 is 2.57 bits per heavy atom. The molecule has 1 heterocycles. The molecule has 1 saturated heterocycles. The summed E-state index contributed by atoms with van der Waals surface area (Å²) >= 11 is 0. The van der Waals surface area contributed by atoms with Gasteiger partial charge in [-0.25, -0.2) is 0 Å². The van der Waals surface area contributed by atoms with Crippen molar-refractivity contribution in [2.24, 2.45) is 0 Å². The lowest BCUT2D eigenvalue weighted by molar-refractivity contribution is -0.150. The Hall–Kier alpha value is -0.290. The summed E-state index contributed by atoms with van der Waals surface area (Å²) in [5.74, 6) is 0. The molecule has 1 atom stereocenters. The summed E-state index contributed by atoms with van der Waals surface area (Å²) in [5.41, 5.74) is -1.14. The van der Waals surface area contributed by atoms with Gasteiger partial charge in [-0.05, 0) is 32.9 Å². The molecule has 0 radical (unpaired) electrons. The van der Waals surface area contributed by atoms with E-state index in [0.29, 0.717) is 13.0 Å². The highest BCUT2D eigenvalue weighted by Crippen LogP contribution is 2.30. The number of β-amino-alcohol motifs (C(OH)–C–C–N with tert-alkyl or cyclic N) is 1. The number of aliphatic hydroxyl groups is 1. The fourth-order valence-electron chi connectivity index (χ4n) is 1.92. The second-order valence-corrected chi connectivity index (χ2v) is 4.18. The van der Waals surface area contributed by atoms with Crippen LogP contribution in [0.25, 0.3) is 0 Å². The van der Waals surface area contributed by atoms with Crippen molar-refractivity contribution >= 4 is 0 Å². The van der Waals surface area contributed by atoms with Crippen LogP contribution in [-0.2, 0) is 0 Å². The normalized spacial score (nSPS) is 30.6. The summed E-state index contributed by atoms with van der Waals surface area (Å²) in [6, 6.07) is 0. The van der Waals surface area contributed by atoms with Crippen LogP contribution in [0, 0.1) is 0 Å². The first kappa shape index (κ1) is 11.8. The van der Waals surface area contributed by atoms with Gasteiger partial charge in [-0.2, -0.15) is 13.2 Å². The molecule has 0 aromatic rings. The third-order valence-electron chi connectivity index (χ3n) is 2.62. The largest absolute Gasteiger partial charge is 0.389 e. The van der Waals surface area contributed by atoms with Gasteiger partial charge in [0.2, 0.25) is 0 Å². The molecule has 1 N–H and O–H groups in total. The zero-order valence-corrected chi connectivity index (χ0v) is 8.27. The zero-order valence-electron chi connectivity index (χ0n) is 8.27. The molecule has 1 aliphatic rings. The number of halogens is 3. The van der Waals surface area contributed by atoms with Crippen LogP contribution < -0.4 is 0 Å². The van der Waals surface area contributed by atoms with Crippen molar-refractivity contribution < 1.29 is 18.3 Å². The van der Waals surface area contributed by atoms with Gasteiger partial charge in [-0.1, -0.05) is 0 Å². The van der Waals surface area contributed by atoms with E-state index in [2.05, 4.69) is 0 Å². The molecule has 0 aliphatic carbocycles. The minimum atomic E-state index is -4.16. The van der Waals surface area contributed by atoms with Gasteiger partial charge in [-0.3, -0.25) is 0 Å². The second kappa shape index (κ2) is 4.06. The van der Waals surface area contributed by atoms with Gasteiger partial charge in [0.05, 0.1) is 5.60 Å². The summed E-state index contributed by atoms with van der Waals surface area (Å²) in [7, 11) is 1.82. The van der Waals surface area contributed by atoms with Crippen molar-refractivity contribution in [1.29, 1.82) is 0 Å². The number of likely N-dealkylation sites (N-methyl/N-ethyl adjacent to an activating group) is 1. The van der Waals surface area contributed by atoms with E-state index >= 15 is 0 Å². The van der Waals surface area contributed by atoms with Crippen LogP contribution in [0.5, 0.6) is 0 Å². The summed E-state index contributed by atoms with van der Waals surface area (Å²) in [4.78, 5) is 1.87. The first-order valence-electron chi connectivity index (χ1n) is 4.78. The SMILES string of the molecule is CN1CCCC(O)(CCC(F)(F)F)C1. The van der Waals surface area contributed by atoms with Gasteiger partial charge >= 0.3 is 6.18 Å². The fourth-order valence-corrected chi connectivity index (χ4v) is 1.92. The molecule has 0 aromatic carbocycles. The number of rotatable bonds is 2. The highest BCUT2D eigenvalue weighted by molar-refractivity contribution is 4.86. The van der Waals surface area contributed by atoms with Crippen LogP contribution in [0.3, 0.4) is 0 Å². The predicted molar refractivity (Wildman–Crippen MR) is 47.0 cm³/mol. The number of nitrogens with zero attached hydrogens (tertiary/aromatic N) is 1. The number of hydrogen-bond donors (Lipinski definition) is 1. The number of likely N-dealkylation sites (tertiary alicyclic amines) is 1. The molecule has 5 heteroatoms. The predicted octanol–water partition coefficient (Wildman–Crippen LogP) is 1.79. The van der Waals surface area contributed by atoms with Crippen LogP contribution >= 0.6 is 0 Å². The van der Waals surface area contributed by atoms with Crippen LogP contribution in [0.15, 0.2) is 0 Å². The lowest BCUT2D eigenvalue weighted by Crippen LogP contribution is -2.46. The van der Waals surface area contributed by atoms with Gasteiger partial charge in [0.15, 0.2) is 0 Å². The Balaban J connectivity index is 2.41. The van der Waals surface area contributed by atoms with E-state index in [1.54, 1.807) is 0 Å². The minimum absolute atomic E-state index is 0.180. The third-order valence-corrected chi connectivity index (χ3v) is 2.62. The second-order valence-electron chi connectivity index (χ2n) is 4.18. The Morgan fingerprint density at radius 2 is 2.07 bits per heavy atom. The summed E-state index contributed by atoms with van der Waals surface area (Å²) in [6.07, 6.45) is -3.98. The average Bonchev–Trinajstić information content (AvgIpc) is 1.99. The van der Waals surface area contributed by atoms with Crippen LogP contribution in [0.2, 0.25) is 0 Å². The van der Waals surface area contributed by atoms with Gasteiger partial charge < -0.3 is 10.0 Å². The molecule has 2 nitrogen and oxygen atoms in total. The van der Waals surface area contributed by atoms with Crippen molar-refractivity contribution in [2.75, 3.05) is 20.1 Å². The molecule has 1 unspecified atom stereocenters. The topological polar surface area (TPSA) is 23.5 Å². The molecule has 0 aromatic heterocycles. The summed E-state index contributed by atoms with van der Waals surface area (Å²) in [5, 5.41) is 9.86. The van der Waals surface area contributed by atoms with Gasteiger partial charge in [-0.15, -0.1) is 0 Å². The minimum Gasteiger partial charge on any atom is -0.389 e. The molecule has 1 fully saturated rings. The van der Waals surface area contributed by atoms with Gasteiger partial charge in [0.1, 0.15) is 0 Å². The maximum Gasteiger partial charge on any atom is 0.389 e. The van der Waals surface area contributed by atoms with Crippen molar-refractivity contribution in [2.45, 2.75) is 37.5 Å². The molecule has 0 amide bonds. The Bertz CT molecular complexity index is 195. The van der Waals surface area contributed by atoms with Crippen molar-refractivity contribution in [3.8, 4) is 0 Å². The highest BCUT2D eigenvalue weighted by Gasteiger charge is 2.36. The molecule has 0 saturated carbocycles. The van der Waals surface area contributed by atoms with Crippen molar-refractivity contribution in [1.82, 2.24) is 4.90 Å². The smallest absolute Gasteiger partial charge is 0.389 e. The van der Waals surface area contributed by atoms with Crippen LogP contribution in [0.1, 0.15) is 25.7 Å². The molecule has 14 heavy (non-hydrogen) atoms. The summed E-state index contributed by atoms with van der Waals surface area (Å²) < 4.78 is 35.9. The first-order chi connectivity index (χ1) is 6.31. The molecular formula is C9H16F3NO. The Labute approximate surface area is 81.7 Å². The molecule has 0 bridgehead atoms. The molecule has 1 aliphatic heterocycles. The summed E-state index contributed by atoms with van der Waals surface area (Å²) in [6.45, 7) is 1.21. The van der Waals surface area contributed by atoms with Crippen molar-refractivity contribution in [3.63, 3.8) is 0 Å². The maximum absolute atomic E-state index is 12.0. The number of alkyl halides is 3. The van der Waals surface area contributed by atoms with E-state index in [-0.39, 0.29) is 6.42 Å². The van der Waals surface area contributed by atoms with E-state index in [0.717, 1.165) is 13.0 Å². The Kier molecular flexibility index (Phi) is 3.42. The highest BCUT2D eigenvalue weighted by atomic mass is 19.4. The quantitative estimate of drug-likeness (QED) is 0.752. The van der Waals surface area contributed by atoms with E-state index < -0.39 is 18.2 Å². The average molecular weight is 211 g/mol. The zero-order chi connectivity index (χ0) is 10.8. The molecular weight excluding hydrogens is 195 g/mol. The Morgan fingerprint density at radius 1 is 1.43 bits per heavy atom. The van der Waals surface area contributed by atoms with Gasteiger partial charge in [0.25, 0.3) is 0 Å². The molecule has 0 spiro atoms.